The zero-order valence-corrected chi connectivity index (χ0v) is 17.0. The molecule has 3 aliphatic rings. The number of nitro benzene ring substituents is 1. The van der Waals surface area contributed by atoms with E-state index in [9.17, 15) is 10.1 Å². The molecule has 0 N–H and O–H groups in total. The van der Waals surface area contributed by atoms with Gasteiger partial charge >= 0.3 is 0 Å². The number of nitro groups is 1. The molecule has 0 aliphatic carbocycles. The van der Waals surface area contributed by atoms with E-state index in [4.69, 9.17) is 19.3 Å². The van der Waals surface area contributed by atoms with Crippen LogP contribution in [0.15, 0.2) is 71.8 Å². The van der Waals surface area contributed by atoms with E-state index in [1.807, 2.05) is 47.5 Å². The first-order chi connectivity index (χ1) is 15.7. The van der Waals surface area contributed by atoms with E-state index in [0.29, 0.717) is 30.9 Å². The van der Waals surface area contributed by atoms with Crippen LogP contribution in [0.25, 0.3) is 0 Å². The van der Waals surface area contributed by atoms with Crippen molar-refractivity contribution in [3.63, 3.8) is 0 Å². The van der Waals surface area contributed by atoms with Gasteiger partial charge in [-0.2, -0.15) is 5.10 Å². The molecule has 0 fully saturated rings. The lowest BCUT2D eigenvalue weighted by atomic mass is 9.95. The second-order valence-corrected chi connectivity index (χ2v) is 7.83. The first kappa shape index (κ1) is 18.7. The molecule has 2 atom stereocenters. The standard InChI is InChI=1S/C24H19N3O5/c28-27(29)19-7-3-1-6-17(19)24-26-20(16-5-2-4-8-21(16)32-24)14-18(25-26)15-9-10-22-23(13-15)31-12-11-30-22/h1-10,13,20,24H,11-12,14H2/t20-,24-/m0/s1. The van der Waals surface area contributed by atoms with Crippen LogP contribution in [-0.2, 0) is 0 Å². The van der Waals surface area contributed by atoms with Gasteiger partial charge in [-0.15, -0.1) is 0 Å². The summed E-state index contributed by atoms with van der Waals surface area (Å²) in [5.41, 5.74) is 3.31. The van der Waals surface area contributed by atoms with Gasteiger partial charge in [0.15, 0.2) is 11.5 Å². The van der Waals surface area contributed by atoms with Gasteiger partial charge in [-0.3, -0.25) is 10.1 Å². The smallest absolute Gasteiger partial charge is 0.278 e. The summed E-state index contributed by atoms with van der Waals surface area (Å²) in [5, 5.41) is 18.4. The quantitative estimate of drug-likeness (QED) is 0.446. The maximum absolute atomic E-state index is 11.7. The predicted molar refractivity (Wildman–Crippen MR) is 116 cm³/mol. The summed E-state index contributed by atoms with van der Waals surface area (Å²) in [7, 11) is 0. The Balaban J connectivity index is 1.44. The number of ether oxygens (including phenoxy) is 3. The minimum Gasteiger partial charge on any atom is -0.486 e. The molecule has 0 aromatic heterocycles. The van der Waals surface area contributed by atoms with Gasteiger partial charge in [0.25, 0.3) is 5.69 Å². The molecule has 8 nitrogen and oxygen atoms in total. The molecule has 0 spiro atoms. The van der Waals surface area contributed by atoms with Crippen LogP contribution < -0.4 is 14.2 Å². The fourth-order valence-corrected chi connectivity index (χ4v) is 4.50. The van der Waals surface area contributed by atoms with E-state index in [2.05, 4.69) is 0 Å². The summed E-state index contributed by atoms with van der Waals surface area (Å²) in [6.07, 6.45) is -0.0526. The lowest BCUT2D eigenvalue weighted by Crippen LogP contribution is -2.34. The van der Waals surface area contributed by atoms with E-state index < -0.39 is 6.23 Å². The lowest BCUT2D eigenvalue weighted by molar-refractivity contribution is -0.386. The van der Waals surface area contributed by atoms with Crippen LogP contribution in [-0.4, -0.2) is 28.9 Å². The third-order valence-electron chi connectivity index (χ3n) is 5.97. The molecule has 3 heterocycles. The number of hydrazone groups is 1. The lowest BCUT2D eigenvalue weighted by Gasteiger charge is -2.37. The Bertz CT molecular complexity index is 1260. The molecule has 8 heteroatoms. The van der Waals surface area contributed by atoms with Crippen LogP contribution in [0.3, 0.4) is 0 Å². The van der Waals surface area contributed by atoms with Crippen molar-refractivity contribution in [2.75, 3.05) is 13.2 Å². The zero-order chi connectivity index (χ0) is 21.7. The number of rotatable bonds is 3. The highest BCUT2D eigenvalue weighted by atomic mass is 16.6. The molecule has 3 aliphatic heterocycles. The summed E-state index contributed by atoms with van der Waals surface area (Å²) in [6.45, 7) is 1.05. The largest absolute Gasteiger partial charge is 0.486 e. The van der Waals surface area contributed by atoms with Crippen molar-refractivity contribution < 1.29 is 19.1 Å². The van der Waals surface area contributed by atoms with Crippen LogP contribution in [0.5, 0.6) is 17.2 Å². The molecule has 0 unspecified atom stereocenters. The minimum atomic E-state index is -0.703. The SMILES string of the molecule is O=[N+]([O-])c1ccccc1[C@@H]1Oc2ccccc2[C@@H]2CC(c3ccc4c(c3)OCCO4)=NN21. The van der Waals surface area contributed by atoms with E-state index in [1.165, 1.54) is 6.07 Å². The van der Waals surface area contributed by atoms with Gasteiger partial charge in [0.05, 0.1) is 22.2 Å². The second-order valence-electron chi connectivity index (χ2n) is 7.83. The third kappa shape index (κ3) is 2.95. The Kier molecular flexibility index (Phi) is 4.24. The molecule has 6 rings (SSSR count). The van der Waals surface area contributed by atoms with Crippen molar-refractivity contribution in [1.29, 1.82) is 0 Å². The molecule has 0 radical (unpaired) electrons. The molecule has 0 amide bonds. The third-order valence-corrected chi connectivity index (χ3v) is 5.97. The van der Waals surface area contributed by atoms with Crippen molar-refractivity contribution in [2.45, 2.75) is 18.7 Å². The number of para-hydroxylation sites is 2. The van der Waals surface area contributed by atoms with E-state index in [-0.39, 0.29) is 16.7 Å². The molecule has 0 saturated carbocycles. The van der Waals surface area contributed by atoms with E-state index in [1.54, 1.807) is 18.2 Å². The summed E-state index contributed by atoms with van der Waals surface area (Å²) < 4.78 is 17.6. The average molecular weight is 429 g/mol. The monoisotopic (exact) mass is 429 g/mol. The van der Waals surface area contributed by atoms with Crippen LogP contribution in [0.4, 0.5) is 5.69 Å². The first-order valence-corrected chi connectivity index (χ1v) is 10.4. The number of benzene rings is 3. The van der Waals surface area contributed by atoms with Gasteiger partial charge in [0.1, 0.15) is 19.0 Å². The molecule has 3 aromatic rings. The zero-order valence-electron chi connectivity index (χ0n) is 17.0. The van der Waals surface area contributed by atoms with Gasteiger partial charge in [-0.05, 0) is 30.3 Å². The van der Waals surface area contributed by atoms with E-state index >= 15 is 0 Å². The maximum Gasteiger partial charge on any atom is 0.278 e. The first-order valence-electron chi connectivity index (χ1n) is 10.4. The van der Waals surface area contributed by atoms with Crippen LogP contribution in [0.1, 0.15) is 35.4 Å². The Morgan fingerprint density at radius 1 is 0.906 bits per heavy atom. The average Bonchev–Trinajstić information content (AvgIpc) is 3.29. The summed E-state index contributed by atoms with van der Waals surface area (Å²) >= 11 is 0. The van der Waals surface area contributed by atoms with Gasteiger partial charge < -0.3 is 14.2 Å². The van der Waals surface area contributed by atoms with Crippen molar-refractivity contribution >= 4 is 11.4 Å². The second kappa shape index (κ2) is 7.26. The van der Waals surface area contributed by atoms with Gasteiger partial charge in [0, 0.05) is 23.6 Å². The molecule has 3 aromatic carbocycles. The highest BCUT2D eigenvalue weighted by Crippen LogP contribution is 2.49. The van der Waals surface area contributed by atoms with Gasteiger partial charge in [-0.1, -0.05) is 30.3 Å². The highest BCUT2D eigenvalue weighted by molar-refractivity contribution is 6.02. The Morgan fingerprint density at radius 2 is 1.66 bits per heavy atom. The molecule has 32 heavy (non-hydrogen) atoms. The number of hydrogen-bond acceptors (Lipinski definition) is 7. The van der Waals surface area contributed by atoms with Crippen LogP contribution in [0, 0.1) is 10.1 Å². The molecule has 160 valence electrons. The summed E-state index contributed by atoms with van der Waals surface area (Å²) in [5.74, 6) is 2.14. The molecular formula is C24H19N3O5. The normalized spacial score (nSPS) is 20.6. The topological polar surface area (TPSA) is 86.4 Å². The Morgan fingerprint density at radius 3 is 2.50 bits per heavy atom. The van der Waals surface area contributed by atoms with Crippen molar-refractivity contribution in [2.24, 2.45) is 5.10 Å². The Labute approximate surface area is 183 Å². The number of fused-ring (bicyclic) bond motifs is 4. The fourth-order valence-electron chi connectivity index (χ4n) is 4.50. The highest BCUT2D eigenvalue weighted by Gasteiger charge is 2.43. The number of nitrogens with zero attached hydrogens (tertiary/aromatic N) is 3. The van der Waals surface area contributed by atoms with Crippen molar-refractivity contribution in [1.82, 2.24) is 5.01 Å². The number of hydrogen-bond donors (Lipinski definition) is 0. The molecule has 0 bridgehead atoms. The molecular weight excluding hydrogens is 410 g/mol. The predicted octanol–water partition coefficient (Wildman–Crippen LogP) is 4.61. The van der Waals surface area contributed by atoms with E-state index in [0.717, 1.165) is 28.3 Å². The fraction of sp³-hybridized carbons (Fsp3) is 0.208. The van der Waals surface area contributed by atoms with Gasteiger partial charge in [-0.25, -0.2) is 5.01 Å². The molecule has 0 saturated heterocycles. The van der Waals surface area contributed by atoms with Crippen molar-refractivity contribution in [3.05, 3.63) is 93.5 Å². The Hall–Kier alpha value is -4.07. The van der Waals surface area contributed by atoms with Crippen molar-refractivity contribution in [3.8, 4) is 17.2 Å². The summed E-state index contributed by atoms with van der Waals surface area (Å²) in [6, 6.07) is 20.2. The van der Waals surface area contributed by atoms with Crippen LogP contribution >= 0.6 is 0 Å². The minimum absolute atomic E-state index is 0.0126. The maximum atomic E-state index is 11.7. The van der Waals surface area contributed by atoms with Gasteiger partial charge in [0.2, 0.25) is 6.23 Å². The summed E-state index contributed by atoms with van der Waals surface area (Å²) in [4.78, 5) is 11.3. The van der Waals surface area contributed by atoms with Crippen LogP contribution in [0.2, 0.25) is 0 Å².